The van der Waals surface area contributed by atoms with Crippen molar-refractivity contribution in [2.24, 2.45) is 0 Å². The predicted octanol–water partition coefficient (Wildman–Crippen LogP) is 2.06. The Bertz CT molecular complexity index is 348. The third kappa shape index (κ3) is 4.09. The molecule has 100 valence electrons. The summed E-state index contributed by atoms with van der Waals surface area (Å²) in [6, 6.07) is 9.17. The lowest BCUT2D eigenvalue weighted by Gasteiger charge is -2.13. The number of rotatable bonds is 7. The molecule has 1 saturated heterocycles. The summed E-state index contributed by atoms with van der Waals surface area (Å²) in [7, 11) is 0. The summed E-state index contributed by atoms with van der Waals surface area (Å²) in [6.07, 6.45) is 2.61. The monoisotopic (exact) mass is 248 g/mol. The van der Waals surface area contributed by atoms with Gasteiger partial charge >= 0.3 is 0 Å². The lowest BCUT2D eigenvalue weighted by Crippen LogP contribution is -2.33. The molecule has 1 unspecified atom stereocenters. The molecule has 0 saturated carbocycles. The topological polar surface area (TPSA) is 33.3 Å². The molecule has 1 fully saturated rings. The highest BCUT2D eigenvalue weighted by molar-refractivity contribution is 5.26. The summed E-state index contributed by atoms with van der Waals surface area (Å²) < 4.78 is 5.50. The molecule has 0 bridgehead atoms. The van der Waals surface area contributed by atoms with Crippen LogP contribution in [0.3, 0.4) is 0 Å². The van der Waals surface area contributed by atoms with Gasteiger partial charge in [0.2, 0.25) is 0 Å². The zero-order valence-corrected chi connectivity index (χ0v) is 11.2. The molecule has 2 rings (SSSR count). The van der Waals surface area contributed by atoms with E-state index in [4.69, 9.17) is 4.74 Å². The standard InChI is InChI=1S/C15H24N2O/c1-2-18-12-14-7-4-3-6-13(14)10-16-11-15-8-5-9-17-15/h3-4,6-7,15-17H,2,5,8-12H2,1H3. The van der Waals surface area contributed by atoms with Gasteiger partial charge in [0, 0.05) is 25.7 Å². The summed E-state index contributed by atoms with van der Waals surface area (Å²) in [4.78, 5) is 0. The minimum atomic E-state index is 0.657. The van der Waals surface area contributed by atoms with Crippen LogP contribution in [-0.4, -0.2) is 25.7 Å². The maximum atomic E-state index is 5.50. The van der Waals surface area contributed by atoms with Crippen molar-refractivity contribution in [3.05, 3.63) is 35.4 Å². The first kappa shape index (κ1) is 13.5. The maximum Gasteiger partial charge on any atom is 0.0719 e. The Morgan fingerprint density at radius 2 is 2.17 bits per heavy atom. The van der Waals surface area contributed by atoms with Gasteiger partial charge in [0.15, 0.2) is 0 Å². The molecule has 1 aromatic carbocycles. The fourth-order valence-electron chi connectivity index (χ4n) is 2.39. The number of ether oxygens (including phenoxy) is 1. The summed E-state index contributed by atoms with van der Waals surface area (Å²) in [5.74, 6) is 0. The van der Waals surface area contributed by atoms with E-state index >= 15 is 0 Å². The highest BCUT2D eigenvalue weighted by Crippen LogP contribution is 2.10. The molecule has 3 nitrogen and oxygen atoms in total. The minimum absolute atomic E-state index is 0.657. The van der Waals surface area contributed by atoms with Crippen LogP contribution in [0.4, 0.5) is 0 Å². The summed E-state index contributed by atoms with van der Waals surface area (Å²) in [6.45, 7) is 6.69. The second kappa shape index (κ2) is 7.52. The van der Waals surface area contributed by atoms with Crippen LogP contribution in [0, 0.1) is 0 Å². The molecule has 0 radical (unpaired) electrons. The van der Waals surface area contributed by atoms with Gasteiger partial charge in [-0.2, -0.15) is 0 Å². The van der Waals surface area contributed by atoms with Gasteiger partial charge < -0.3 is 15.4 Å². The van der Waals surface area contributed by atoms with Gasteiger partial charge in [0.05, 0.1) is 6.61 Å². The van der Waals surface area contributed by atoms with Gasteiger partial charge in [-0.15, -0.1) is 0 Å². The van der Waals surface area contributed by atoms with Crippen LogP contribution in [0.15, 0.2) is 24.3 Å². The van der Waals surface area contributed by atoms with Crippen molar-refractivity contribution < 1.29 is 4.74 Å². The SMILES string of the molecule is CCOCc1ccccc1CNCC1CCCN1. The molecular formula is C15H24N2O. The Morgan fingerprint density at radius 3 is 2.89 bits per heavy atom. The maximum absolute atomic E-state index is 5.50. The van der Waals surface area contributed by atoms with Gasteiger partial charge in [-0.3, -0.25) is 0 Å². The lowest BCUT2D eigenvalue weighted by atomic mass is 10.1. The Balaban J connectivity index is 1.79. The van der Waals surface area contributed by atoms with Gasteiger partial charge in [-0.05, 0) is 37.4 Å². The molecule has 0 spiro atoms. The van der Waals surface area contributed by atoms with E-state index in [1.165, 1.54) is 30.5 Å². The second-order valence-corrected chi connectivity index (χ2v) is 4.83. The highest BCUT2D eigenvalue weighted by atomic mass is 16.5. The molecule has 1 aliphatic rings. The van der Waals surface area contributed by atoms with Crippen molar-refractivity contribution >= 4 is 0 Å². The minimum Gasteiger partial charge on any atom is -0.377 e. The Morgan fingerprint density at radius 1 is 1.33 bits per heavy atom. The van der Waals surface area contributed by atoms with Crippen molar-refractivity contribution in [3.8, 4) is 0 Å². The normalized spacial score (nSPS) is 19.3. The fraction of sp³-hybridized carbons (Fsp3) is 0.600. The first-order chi connectivity index (χ1) is 8.90. The summed E-state index contributed by atoms with van der Waals surface area (Å²) >= 11 is 0. The van der Waals surface area contributed by atoms with E-state index in [9.17, 15) is 0 Å². The lowest BCUT2D eigenvalue weighted by molar-refractivity contribution is 0.133. The van der Waals surface area contributed by atoms with Crippen LogP contribution in [0.25, 0.3) is 0 Å². The summed E-state index contributed by atoms with van der Waals surface area (Å²) in [5, 5.41) is 7.05. The van der Waals surface area contributed by atoms with Crippen LogP contribution < -0.4 is 10.6 Å². The van der Waals surface area contributed by atoms with Crippen molar-refractivity contribution in [1.82, 2.24) is 10.6 Å². The first-order valence-corrected chi connectivity index (χ1v) is 6.98. The molecule has 1 aromatic rings. The average molecular weight is 248 g/mol. The van der Waals surface area contributed by atoms with E-state index in [2.05, 4.69) is 34.9 Å². The molecule has 3 heteroatoms. The van der Waals surface area contributed by atoms with E-state index < -0.39 is 0 Å². The number of hydrogen-bond acceptors (Lipinski definition) is 3. The van der Waals surface area contributed by atoms with Crippen molar-refractivity contribution in [2.75, 3.05) is 19.7 Å². The van der Waals surface area contributed by atoms with Gasteiger partial charge in [-0.25, -0.2) is 0 Å². The average Bonchev–Trinajstić information content (AvgIpc) is 2.91. The molecule has 2 N–H and O–H groups in total. The van der Waals surface area contributed by atoms with E-state index in [-0.39, 0.29) is 0 Å². The molecule has 0 aliphatic carbocycles. The van der Waals surface area contributed by atoms with E-state index in [0.29, 0.717) is 6.04 Å². The molecule has 1 heterocycles. The first-order valence-electron chi connectivity index (χ1n) is 6.98. The highest BCUT2D eigenvalue weighted by Gasteiger charge is 2.13. The molecular weight excluding hydrogens is 224 g/mol. The van der Waals surface area contributed by atoms with Gasteiger partial charge in [0.25, 0.3) is 0 Å². The number of benzene rings is 1. The van der Waals surface area contributed by atoms with Crippen molar-refractivity contribution in [2.45, 2.75) is 39.0 Å². The molecule has 18 heavy (non-hydrogen) atoms. The molecule has 1 atom stereocenters. The van der Waals surface area contributed by atoms with Crippen LogP contribution in [0.1, 0.15) is 30.9 Å². The fourth-order valence-corrected chi connectivity index (χ4v) is 2.39. The Hall–Kier alpha value is -0.900. The summed E-state index contributed by atoms with van der Waals surface area (Å²) in [5.41, 5.74) is 2.65. The van der Waals surface area contributed by atoms with Crippen LogP contribution in [-0.2, 0) is 17.9 Å². The smallest absolute Gasteiger partial charge is 0.0719 e. The third-order valence-electron chi connectivity index (χ3n) is 3.45. The van der Waals surface area contributed by atoms with Crippen LogP contribution in [0.5, 0.6) is 0 Å². The van der Waals surface area contributed by atoms with Crippen LogP contribution in [0.2, 0.25) is 0 Å². The predicted molar refractivity (Wildman–Crippen MR) is 74.5 cm³/mol. The molecule has 1 aliphatic heterocycles. The van der Waals surface area contributed by atoms with Crippen LogP contribution >= 0.6 is 0 Å². The van der Waals surface area contributed by atoms with E-state index in [1.807, 2.05) is 6.92 Å². The zero-order valence-electron chi connectivity index (χ0n) is 11.2. The Labute approximate surface area is 110 Å². The molecule has 0 aromatic heterocycles. The Kier molecular flexibility index (Phi) is 5.65. The van der Waals surface area contributed by atoms with Crippen molar-refractivity contribution in [1.29, 1.82) is 0 Å². The van der Waals surface area contributed by atoms with Gasteiger partial charge in [-0.1, -0.05) is 24.3 Å². The van der Waals surface area contributed by atoms with Crippen molar-refractivity contribution in [3.63, 3.8) is 0 Å². The zero-order chi connectivity index (χ0) is 12.6. The molecule has 0 amide bonds. The number of hydrogen-bond donors (Lipinski definition) is 2. The van der Waals surface area contributed by atoms with E-state index in [0.717, 1.165) is 26.3 Å². The quantitative estimate of drug-likeness (QED) is 0.775. The third-order valence-corrected chi connectivity index (χ3v) is 3.45. The van der Waals surface area contributed by atoms with Gasteiger partial charge in [0.1, 0.15) is 0 Å². The number of nitrogens with one attached hydrogen (secondary N) is 2. The second-order valence-electron chi connectivity index (χ2n) is 4.83. The van der Waals surface area contributed by atoms with E-state index in [1.54, 1.807) is 0 Å². The largest absolute Gasteiger partial charge is 0.377 e.